The van der Waals surface area contributed by atoms with Crippen molar-refractivity contribution in [2.24, 2.45) is 0 Å². The van der Waals surface area contributed by atoms with E-state index in [1.807, 2.05) is 0 Å². The third-order valence-corrected chi connectivity index (χ3v) is 5.90. The second-order valence-corrected chi connectivity index (χ2v) is 8.94. The van der Waals surface area contributed by atoms with Crippen LogP contribution in [-0.4, -0.2) is 48.8 Å². The summed E-state index contributed by atoms with van der Waals surface area (Å²) in [6.07, 6.45) is 1.31. The Kier molecular flexibility index (Phi) is 8.71. The number of benzene rings is 2. The maximum Gasteiger partial charge on any atom is 0.352 e. The van der Waals surface area contributed by atoms with Crippen LogP contribution in [0.15, 0.2) is 64.3 Å². The highest BCUT2D eigenvalue weighted by Gasteiger charge is 2.22. The fraction of sp³-hybridized carbons (Fsp3) is 0.185. The average molecular weight is 581 g/mol. The first-order valence-corrected chi connectivity index (χ1v) is 12.5. The normalized spacial score (nSPS) is 11.5. The minimum atomic E-state index is -1.05. The van der Waals surface area contributed by atoms with Gasteiger partial charge in [-0.05, 0) is 50.2 Å². The van der Waals surface area contributed by atoms with Gasteiger partial charge in [0.2, 0.25) is 5.69 Å². The van der Waals surface area contributed by atoms with Crippen LogP contribution >= 0.6 is 0 Å². The molecule has 218 valence electrons. The number of aliphatic hydroxyl groups is 1. The summed E-state index contributed by atoms with van der Waals surface area (Å²) in [5.41, 5.74) is 3.40. The maximum atomic E-state index is 15.1. The maximum absolute atomic E-state index is 15.1. The molecule has 15 heteroatoms. The first kappa shape index (κ1) is 29.5. The van der Waals surface area contributed by atoms with Crippen LogP contribution in [0.25, 0.3) is 5.69 Å². The molecule has 0 saturated carbocycles. The number of nitrogen functional groups attached to an aromatic ring is 1. The van der Waals surface area contributed by atoms with Crippen LogP contribution in [0.1, 0.15) is 29.9 Å². The quantitative estimate of drug-likeness (QED) is 0.146. The predicted molar refractivity (Wildman–Crippen MR) is 149 cm³/mol. The molecule has 42 heavy (non-hydrogen) atoms. The van der Waals surface area contributed by atoms with Crippen LogP contribution in [0.5, 0.6) is 11.5 Å². The SMILES string of the molecule is CCn1nc(C(=O)Nc2ccc(Oc3ccnc(N)c3C(=N)N[C@H](C)CO)c(F)c2)c(=O)n(-c2ccc(F)cc2)c1=O. The summed E-state index contributed by atoms with van der Waals surface area (Å²) in [5.74, 6) is -3.05. The number of carbonyl (C=O) groups is 1. The van der Waals surface area contributed by atoms with Gasteiger partial charge in [-0.3, -0.25) is 15.0 Å². The van der Waals surface area contributed by atoms with E-state index in [4.69, 9.17) is 15.9 Å². The van der Waals surface area contributed by atoms with Crippen LogP contribution in [0, 0.1) is 17.0 Å². The largest absolute Gasteiger partial charge is 0.453 e. The molecule has 1 amide bonds. The standard InChI is InChI=1S/C27H26F2N8O5/c1-3-36-27(41)37(17-7-4-15(28)5-8-17)26(40)22(35-36)25(39)34-16-6-9-19(18(29)12-16)42-20-10-11-32-23(30)21(20)24(31)33-14(2)13-38/h4-12,14,38H,3,13H2,1-2H3,(H2,30,32)(H2,31,33)(H,34,39)/t14-/m1/s1. The van der Waals surface area contributed by atoms with E-state index in [0.717, 1.165) is 22.9 Å². The van der Waals surface area contributed by atoms with Gasteiger partial charge in [0.05, 0.1) is 12.3 Å². The summed E-state index contributed by atoms with van der Waals surface area (Å²) in [7, 11) is 0. The zero-order chi connectivity index (χ0) is 30.6. The van der Waals surface area contributed by atoms with Crippen molar-refractivity contribution in [1.29, 1.82) is 5.41 Å². The number of aliphatic hydroxyl groups excluding tert-OH is 1. The lowest BCUT2D eigenvalue weighted by Crippen LogP contribution is -2.44. The van der Waals surface area contributed by atoms with E-state index in [2.05, 4.69) is 20.7 Å². The molecule has 4 rings (SSSR count). The summed E-state index contributed by atoms with van der Waals surface area (Å²) in [6, 6.07) is 8.87. The third kappa shape index (κ3) is 6.15. The first-order chi connectivity index (χ1) is 20.0. The molecule has 0 unspecified atom stereocenters. The molecule has 2 heterocycles. The average Bonchev–Trinajstić information content (AvgIpc) is 2.95. The van der Waals surface area contributed by atoms with Crippen molar-refractivity contribution in [1.82, 2.24) is 24.6 Å². The lowest BCUT2D eigenvalue weighted by atomic mass is 10.2. The fourth-order valence-electron chi connectivity index (χ4n) is 3.81. The molecular formula is C27H26F2N8O5. The number of carbonyl (C=O) groups excluding carboxylic acids is 1. The highest BCUT2D eigenvalue weighted by atomic mass is 19.1. The van der Waals surface area contributed by atoms with Gasteiger partial charge in [0.1, 0.15) is 28.8 Å². The van der Waals surface area contributed by atoms with Crippen molar-refractivity contribution in [3.8, 4) is 17.2 Å². The Hall–Kier alpha value is -5.44. The van der Waals surface area contributed by atoms with Gasteiger partial charge in [-0.1, -0.05) is 0 Å². The van der Waals surface area contributed by atoms with Gasteiger partial charge in [0, 0.05) is 36.6 Å². The van der Waals surface area contributed by atoms with Crippen LogP contribution in [0.3, 0.4) is 0 Å². The molecule has 0 bridgehead atoms. The number of pyridine rings is 1. The Morgan fingerprint density at radius 2 is 1.86 bits per heavy atom. The highest BCUT2D eigenvalue weighted by Crippen LogP contribution is 2.31. The molecule has 2 aromatic carbocycles. The number of rotatable bonds is 9. The number of aryl methyl sites for hydroxylation is 1. The van der Waals surface area contributed by atoms with Gasteiger partial charge in [0.25, 0.3) is 11.5 Å². The van der Waals surface area contributed by atoms with Gasteiger partial charge in [-0.2, -0.15) is 5.10 Å². The Morgan fingerprint density at radius 1 is 1.14 bits per heavy atom. The molecular weight excluding hydrogens is 554 g/mol. The van der Waals surface area contributed by atoms with Crippen LogP contribution in [0.4, 0.5) is 20.3 Å². The van der Waals surface area contributed by atoms with Crippen LogP contribution in [-0.2, 0) is 6.54 Å². The molecule has 2 aromatic heterocycles. The molecule has 1 atom stereocenters. The topological polar surface area (TPSA) is 190 Å². The van der Waals surface area contributed by atoms with Gasteiger partial charge < -0.3 is 26.2 Å². The molecule has 0 aliphatic rings. The van der Waals surface area contributed by atoms with Crippen molar-refractivity contribution in [2.45, 2.75) is 26.4 Å². The predicted octanol–water partition coefficient (Wildman–Crippen LogP) is 2.01. The van der Waals surface area contributed by atoms with E-state index in [1.165, 1.54) is 36.5 Å². The van der Waals surface area contributed by atoms with Gasteiger partial charge in [-0.25, -0.2) is 27.8 Å². The van der Waals surface area contributed by atoms with E-state index in [1.54, 1.807) is 13.8 Å². The monoisotopic (exact) mass is 580 g/mol. The second kappa shape index (κ2) is 12.4. The van der Waals surface area contributed by atoms with E-state index in [0.29, 0.717) is 4.57 Å². The zero-order valence-electron chi connectivity index (χ0n) is 22.4. The first-order valence-electron chi connectivity index (χ1n) is 12.5. The van der Waals surface area contributed by atoms with Crippen molar-refractivity contribution in [3.63, 3.8) is 0 Å². The number of halogens is 2. The number of nitrogens with two attached hydrogens (primary N) is 1. The number of hydrogen-bond donors (Lipinski definition) is 5. The van der Waals surface area contributed by atoms with Gasteiger partial charge >= 0.3 is 5.69 Å². The molecule has 13 nitrogen and oxygen atoms in total. The van der Waals surface area contributed by atoms with Crippen molar-refractivity contribution >= 4 is 23.2 Å². The van der Waals surface area contributed by atoms with Gasteiger partial charge in [-0.15, -0.1) is 0 Å². The minimum Gasteiger partial charge on any atom is -0.453 e. The van der Waals surface area contributed by atoms with E-state index in [9.17, 15) is 23.9 Å². The van der Waals surface area contributed by atoms with Gasteiger partial charge in [0.15, 0.2) is 11.6 Å². The number of ether oxygens (including phenoxy) is 1. The summed E-state index contributed by atoms with van der Waals surface area (Å²) in [5, 5.41) is 26.5. The summed E-state index contributed by atoms with van der Waals surface area (Å²) >= 11 is 0. The van der Waals surface area contributed by atoms with Crippen molar-refractivity contribution < 1.29 is 23.4 Å². The second-order valence-electron chi connectivity index (χ2n) is 8.94. The number of nitrogens with zero attached hydrogens (tertiary/aromatic N) is 4. The number of amides is 1. The highest BCUT2D eigenvalue weighted by molar-refractivity contribution is 6.03. The summed E-state index contributed by atoms with van der Waals surface area (Å²) < 4.78 is 35.7. The Bertz CT molecular complexity index is 1770. The molecule has 0 saturated heterocycles. The van der Waals surface area contributed by atoms with E-state index >= 15 is 4.39 Å². The Morgan fingerprint density at radius 3 is 2.50 bits per heavy atom. The molecule has 4 aromatic rings. The molecule has 0 spiro atoms. The summed E-state index contributed by atoms with van der Waals surface area (Å²) in [4.78, 5) is 42.8. The van der Waals surface area contributed by atoms with Crippen LogP contribution in [0.2, 0.25) is 0 Å². The summed E-state index contributed by atoms with van der Waals surface area (Å²) in [6.45, 7) is 2.99. The van der Waals surface area contributed by atoms with E-state index in [-0.39, 0.29) is 53.2 Å². The number of amidine groups is 1. The zero-order valence-corrected chi connectivity index (χ0v) is 22.4. The Balaban J connectivity index is 1.61. The lowest BCUT2D eigenvalue weighted by molar-refractivity contribution is 0.101. The third-order valence-electron chi connectivity index (χ3n) is 5.90. The van der Waals surface area contributed by atoms with Crippen molar-refractivity contribution in [2.75, 3.05) is 17.7 Å². The van der Waals surface area contributed by atoms with Crippen LogP contribution < -0.4 is 32.4 Å². The number of aromatic nitrogens is 4. The van der Waals surface area contributed by atoms with Crippen molar-refractivity contribution in [3.05, 3.63) is 98.5 Å². The molecule has 6 N–H and O–H groups in total. The smallest absolute Gasteiger partial charge is 0.352 e. The molecule has 0 aliphatic heterocycles. The number of nitrogens with one attached hydrogen (secondary N) is 3. The Labute approximate surface area is 236 Å². The lowest BCUT2D eigenvalue weighted by Gasteiger charge is -2.17. The fourth-order valence-corrected chi connectivity index (χ4v) is 3.81. The molecule has 0 radical (unpaired) electrons. The van der Waals surface area contributed by atoms with E-state index < -0.39 is 40.5 Å². The minimum absolute atomic E-state index is 0.00759. The molecule has 0 aliphatic carbocycles. The number of anilines is 2. The number of hydrogen-bond acceptors (Lipinski definition) is 9. The molecule has 0 fully saturated rings.